The first kappa shape index (κ1) is 22.4. The number of nitrogens with one attached hydrogen (secondary N) is 2. The number of thioether (sulfide) groups is 1. The number of rotatable bonds is 6. The lowest BCUT2D eigenvalue weighted by Crippen LogP contribution is -2.52. The van der Waals surface area contributed by atoms with Gasteiger partial charge in [-0.3, -0.25) is 4.79 Å². The van der Waals surface area contributed by atoms with Gasteiger partial charge in [-0.05, 0) is 39.5 Å². The summed E-state index contributed by atoms with van der Waals surface area (Å²) in [7, 11) is 0.988. The van der Waals surface area contributed by atoms with Gasteiger partial charge in [0.1, 0.15) is 17.7 Å². The van der Waals surface area contributed by atoms with Gasteiger partial charge >= 0.3 is 17.6 Å². The molecule has 0 saturated carbocycles. The van der Waals surface area contributed by atoms with Crippen molar-refractivity contribution in [3.63, 3.8) is 0 Å². The molecule has 0 aliphatic carbocycles. The summed E-state index contributed by atoms with van der Waals surface area (Å²) in [5.74, 6) is -2.62. The Hall–Kier alpha value is -1.65. The van der Waals surface area contributed by atoms with Gasteiger partial charge in [0.15, 0.2) is 0 Å². The number of alkyl halides is 3. The molecule has 2 unspecified atom stereocenters. The van der Waals surface area contributed by atoms with Crippen molar-refractivity contribution < 1.29 is 37.0 Å². The Morgan fingerprint density at radius 2 is 1.67 bits per heavy atom. The molecule has 0 aliphatic rings. The molecule has 140 valence electrons. The van der Waals surface area contributed by atoms with Crippen LogP contribution in [-0.4, -0.2) is 54.0 Å². The van der Waals surface area contributed by atoms with Crippen molar-refractivity contribution >= 4 is 29.7 Å². The minimum absolute atomic E-state index is 0.467. The first-order valence-corrected chi connectivity index (χ1v) is 7.82. The molecule has 0 saturated heterocycles. The van der Waals surface area contributed by atoms with Crippen molar-refractivity contribution in [3.8, 4) is 0 Å². The number of alkyl carbamates (subject to hydrolysis) is 1. The third-order valence-corrected chi connectivity index (χ3v) is 3.17. The van der Waals surface area contributed by atoms with E-state index in [9.17, 15) is 27.6 Å². The lowest BCUT2D eigenvalue weighted by atomic mass is 10.2. The topological polar surface area (TPSA) is 93.7 Å². The van der Waals surface area contributed by atoms with Crippen LogP contribution in [0.4, 0.5) is 18.0 Å². The Bertz CT molecular complexity index is 466. The van der Waals surface area contributed by atoms with Crippen molar-refractivity contribution in [2.45, 2.75) is 50.9 Å². The molecular formula is C13H21F3N2O5S. The maximum Gasteiger partial charge on any atom is 0.441 e. The van der Waals surface area contributed by atoms with E-state index in [1.807, 2.05) is 0 Å². The molecule has 2 atom stereocenters. The number of hydrogen-bond donors (Lipinski definition) is 2. The third-order valence-electron chi connectivity index (χ3n) is 2.34. The molecule has 0 aromatic carbocycles. The lowest BCUT2D eigenvalue weighted by molar-refractivity contribution is -0.144. The van der Waals surface area contributed by atoms with Crippen molar-refractivity contribution in [1.82, 2.24) is 10.6 Å². The number of amides is 2. The fraction of sp³-hybridized carbons (Fsp3) is 0.769. The summed E-state index contributed by atoms with van der Waals surface area (Å²) in [6.45, 7) is 6.17. The first-order chi connectivity index (χ1) is 10.7. The molecule has 0 heterocycles. The zero-order valence-corrected chi connectivity index (χ0v) is 14.8. The quantitative estimate of drug-likeness (QED) is 0.689. The Kier molecular flexibility index (Phi) is 8.38. The zero-order chi connectivity index (χ0) is 19.1. The third kappa shape index (κ3) is 10.2. The summed E-state index contributed by atoms with van der Waals surface area (Å²) in [5.41, 5.74) is -5.34. The Balaban J connectivity index is 4.69. The second-order valence-electron chi connectivity index (χ2n) is 5.71. The number of methoxy groups -OCH3 is 1. The number of esters is 1. The van der Waals surface area contributed by atoms with Gasteiger partial charge in [-0.1, -0.05) is 0 Å². The smallest absolute Gasteiger partial charge is 0.441 e. The van der Waals surface area contributed by atoms with Gasteiger partial charge in [0.2, 0.25) is 5.91 Å². The summed E-state index contributed by atoms with van der Waals surface area (Å²) in [4.78, 5) is 34.9. The summed E-state index contributed by atoms with van der Waals surface area (Å²) in [6, 6.07) is -2.63. The van der Waals surface area contributed by atoms with Gasteiger partial charge in [-0.2, -0.15) is 13.2 Å². The number of halogens is 3. The molecule has 0 aromatic heterocycles. The predicted molar refractivity (Wildman–Crippen MR) is 81.3 cm³/mol. The van der Waals surface area contributed by atoms with Crippen LogP contribution in [0.2, 0.25) is 0 Å². The van der Waals surface area contributed by atoms with Crippen molar-refractivity contribution in [2.75, 3.05) is 12.9 Å². The highest BCUT2D eigenvalue weighted by molar-refractivity contribution is 8.00. The van der Waals surface area contributed by atoms with Gasteiger partial charge in [-0.25, -0.2) is 9.59 Å². The van der Waals surface area contributed by atoms with Gasteiger partial charge in [0, 0.05) is 5.75 Å². The monoisotopic (exact) mass is 374 g/mol. The molecule has 0 aliphatic heterocycles. The fourth-order valence-corrected chi connectivity index (χ4v) is 1.91. The number of ether oxygens (including phenoxy) is 2. The second kappa shape index (κ2) is 9.00. The average molecular weight is 374 g/mol. The van der Waals surface area contributed by atoms with E-state index >= 15 is 0 Å². The Morgan fingerprint density at radius 1 is 1.12 bits per heavy atom. The number of hydrogen-bond acceptors (Lipinski definition) is 6. The second-order valence-corrected chi connectivity index (χ2v) is 6.79. The highest BCUT2D eigenvalue weighted by Gasteiger charge is 2.33. The van der Waals surface area contributed by atoms with Crippen LogP contribution in [0.3, 0.4) is 0 Å². The van der Waals surface area contributed by atoms with E-state index in [0.717, 1.165) is 7.11 Å². The van der Waals surface area contributed by atoms with Gasteiger partial charge in [-0.15, -0.1) is 0 Å². The summed E-state index contributed by atoms with van der Waals surface area (Å²) >= 11 is -0.467. The normalized spacial score (nSPS) is 14.3. The number of carbonyl (C=O) groups is 3. The van der Waals surface area contributed by atoms with E-state index in [-0.39, 0.29) is 0 Å². The lowest BCUT2D eigenvalue weighted by Gasteiger charge is -2.23. The predicted octanol–water partition coefficient (Wildman–Crippen LogP) is 1.81. The Morgan fingerprint density at radius 3 is 2.08 bits per heavy atom. The largest absolute Gasteiger partial charge is 0.467 e. The van der Waals surface area contributed by atoms with Crippen molar-refractivity contribution in [3.05, 3.63) is 0 Å². The summed E-state index contributed by atoms with van der Waals surface area (Å²) in [6.07, 6.45) is -0.871. The van der Waals surface area contributed by atoms with Crippen molar-refractivity contribution in [2.24, 2.45) is 0 Å². The van der Waals surface area contributed by atoms with Crippen LogP contribution in [0.5, 0.6) is 0 Å². The highest BCUT2D eigenvalue weighted by atomic mass is 32.2. The molecule has 7 nitrogen and oxygen atoms in total. The molecular weight excluding hydrogens is 353 g/mol. The molecule has 24 heavy (non-hydrogen) atoms. The minimum Gasteiger partial charge on any atom is -0.467 e. The van der Waals surface area contributed by atoms with Crippen LogP contribution in [-0.2, 0) is 19.1 Å². The maximum absolute atomic E-state index is 12.2. The standard InChI is InChI=1S/C13H21F3N2O5S/c1-7(17-11(21)23-12(2,3)4)9(19)18-8(10(20)22-5)6-24-13(14,15)16/h7-8H,6H2,1-5H3,(H,17,21)(H,18,19). The van der Waals surface area contributed by atoms with Crippen LogP contribution in [0.15, 0.2) is 0 Å². The molecule has 2 N–H and O–H groups in total. The van der Waals surface area contributed by atoms with E-state index < -0.39 is 58.7 Å². The summed E-state index contributed by atoms with van der Waals surface area (Å²) < 4.78 is 46.0. The average Bonchev–Trinajstić information content (AvgIpc) is 2.38. The van der Waals surface area contributed by atoms with Gasteiger partial charge in [0.25, 0.3) is 0 Å². The molecule has 0 spiro atoms. The molecule has 0 fully saturated rings. The summed E-state index contributed by atoms with van der Waals surface area (Å²) in [5, 5.41) is 4.32. The van der Waals surface area contributed by atoms with Crippen LogP contribution < -0.4 is 10.6 Å². The fourth-order valence-electron chi connectivity index (χ4n) is 1.34. The van der Waals surface area contributed by atoms with Crippen LogP contribution >= 0.6 is 11.8 Å². The van der Waals surface area contributed by atoms with E-state index in [1.165, 1.54) is 6.92 Å². The van der Waals surface area contributed by atoms with Gasteiger partial charge in [0.05, 0.1) is 7.11 Å². The number of carbonyl (C=O) groups excluding carboxylic acids is 3. The highest BCUT2D eigenvalue weighted by Crippen LogP contribution is 2.30. The van der Waals surface area contributed by atoms with E-state index in [2.05, 4.69) is 15.4 Å². The van der Waals surface area contributed by atoms with Gasteiger partial charge < -0.3 is 20.1 Å². The zero-order valence-electron chi connectivity index (χ0n) is 13.9. The first-order valence-electron chi connectivity index (χ1n) is 6.83. The molecule has 0 radical (unpaired) electrons. The molecule has 2 amide bonds. The van der Waals surface area contributed by atoms with E-state index in [1.54, 1.807) is 20.8 Å². The van der Waals surface area contributed by atoms with Crippen LogP contribution in [0.1, 0.15) is 27.7 Å². The minimum atomic E-state index is -4.56. The molecule has 0 aromatic rings. The molecule has 0 bridgehead atoms. The van der Waals surface area contributed by atoms with Crippen LogP contribution in [0.25, 0.3) is 0 Å². The van der Waals surface area contributed by atoms with E-state index in [0.29, 0.717) is 0 Å². The van der Waals surface area contributed by atoms with Crippen LogP contribution in [0, 0.1) is 0 Å². The van der Waals surface area contributed by atoms with Crippen molar-refractivity contribution in [1.29, 1.82) is 0 Å². The Labute approximate surface area is 142 Å². The SMILES string of the molecule is COC(=O)C(CSC(F)(F)F)NC(=O)C(C)NC(=O)OC(C)(C)C. The molecule has 11 heteroatoms. The molecule has 0 rings (SSSR count). The van der Waals surface area contributed by atoms with E-state index in [4.69, 9.17) is 4.74 Å². The maximum atomic E-state index is 12.2.